The second kappa shape index (κ2) is 6.45. The predicted octanol–water partition coefficient (Wildman–Crippen LogP) is 4.18. The largest absolute Gasteiger partial charge is 0.496 e. The minimum Gasteiger partial charge on any atom is -0.496 e. The summed E-state index contributed by atoms with van der Waals surface area (Å²) in [6, 6.07) is 10.1. The van der Waals surface area contributed by atoms with E-state index in [9.17, 15) is 10.1 Å². The SMILES string of the molecule is COc1ccc([N+](=O)[O-])cc1CNc1cccc(Cl)c1C. The number of nitro groups is 1. The summed E-state index contributed by atoms with van der Waals surface area (Å²) < 4.78 is 5.23. The van der Waals surface area contributed by atoms with Crippen LogP contribution in [0.25, 0.3) is 0 Å². The number of halogens is 1. The molecular formula is C15H15ClN2O3. The maximum Gasteiger partial charge on any atom is 0.270 e. The van der Waals surface area contributed by atoms with Crippen molar-refractivity contribution in [2.45, 2.75) is 13.5 Å². The van der Waals surface area contributed by atoms with Crippen molar-refractivity contribution in [3.05, 3.63) is 62.7 Å². The van der Waals surface area contributed by atoms with Gasteiger partial charge >= 0.3 is 0 Å². The minimum atomic E-state index is -0.423. The number of hydrogen-bond donors (Lipinski definition) is 1. The summed E-state index contributed by atoms with van der Waals surface area (Å²) >= 11 is 6.07. The summed E-state index contributed by atoms with van der Waals surface area (Å²) in [5.41, 5.74) is 2.57. The second-order valence-electron chi connectivity index (χ2n) is 4.52. The summed E-state index contributed by atoms with van der Waals surface area (Å²) in [6.07, 6.45) is 0. The molecule has 110 valence electrons. The first-order valence-corrected chi connectivity index (χ1v) is 6.71. The monoisotopic (exact) mass is 306 g/mol. The van der Waals surface area contributed by atoms with E-state index in [0.717, 1.165) is 11.3 Å². The fourth-order valence-electron chi connectivity index (χ4n) is 2.01. The summed E-state index contributed by atoms with van der Waals surface area (Å²) in [4.78, 5) is 10.4. The quantitative estimate of drug-likeness (QED) is 0.665. The lowest BCUT2D eigenvalue weighted by atomic mass is 10.1. The van der Waals surface area contributed by atoms with Crippen molar-refractivity contribution >= 4 is 23.0 Å². The molecular weight excluding hydrogens is 292 g/mol. The first-order valence-electron chi connectivity index (χ1n) is 6.33. The fraction of sp³-hybridized carbons (Fsp3) is 0.200. The van der Waals surface area contributed by atoms with Crippen LogP contribution in [0.5, 0.6) is 5.75 Å². The molecule has 0 heterocycles. The molecule has 21 heavy (non-hydrogen) atoms. The number of hydrogen-bond acceptors (Lipinski definition) is 4. The van der Waals surface area contributed by atoms with E-state index in [-0.39, 0.29) is 5.69 Å². The Balaban J connectivity index is 2.24. The van der Waals surface area contributed by atoms with E-state index in [4.69, 9.17) is 16.3 Å². The third-order valence-corrected chi connectivity index (χ3v) is 3.62. The van der Waals surface area contributed by atoms with Gasteiger partial charge in [0.05, 0.1) is 12.0 Å². The number of benzene rings is 2. The Bertz CT molecular complexity index is 674. The van der Waals surface area contributed by atoms with Crippen LogP contribution >= 0.6 is 11.6 Å². The van der Waals surface area contributed by atoms with Crippen molar-refractivity contribution in [3.63, 3.8) is 0 Å². The second-order valence-corrected chi connectivity index (χ2v) is 4.93. The topological polar surface area (TPSA) is 64.4 Å². The Labute approximate surface area is 127 Å². The molecule has 5 nitrogen and oxygen atoms in total. The molecule has 0 radical (unpaired) electrons. The number of nitrogens with zero attached hydrogens (tertiary/aromatic N) is 1. The lowest BCUT2D eigenvalue weighted by molar-refractivity contribution is -0.384. The average Bonchev–Trinajstić information content (AvgIpc) is 2.48. The molecule has 0 spiro atoms. The highest BCUT2D eigenvalue weighted by Crippen LogP contribution is 2.27. The normalized spacial score (nSPS) is 10.2. The van der Waals surface area contributed by atoms with Crippen molar-refractivity contribution in [3.8, 4) is 5.75 Å². The molecule has 0 aromatic heterocycles. The van der Waals surface area contributed by atoms with Crippen molar-refractivity contribution in [2.75, 3.05) is 12.4 Å². The smallest absolute Gasteiger partial charge is 0.270 e. The molecule has 0 aliphatic carbocycles. The summed E-state index contributed by atoms with van der Waals surface area (Å²) in [6.45, 7) is 2.32. The summed E-state index contributed by atoms with van der Waals surface area (Å²) in [5, 5.41) is 14.7. The lowest BCUT2D eigenvalue weighted by Crippen LogP contribution is -2.04. The van der Waals surface area contributed by atoms with Crippen molar-refractivity contribution in [1.82, 2.24) is 0 Å². The van der Waals surface area contributed by atoms with Crippen molar-refractivity contribution in [1.29, 1.82) is 0 Å². The number of anilines is 1. The third kappa shape index (κ3) is 3.44. The van der Waals surface area contributed by atoms with E-state index >= 15 is 0 Å². The Morgan fingerprint density at radius 1 is 1.33 bits per heavy atom. The Kier molecular flexibility index (Phi) is 4.65. The molecule has 0 saturated carbocycles. The number of ether oxygens (including phenoxy) is 1. The van der Waals surface area contributed by atoms with Crippen molar-refractivity contribution in [2.24, 2.45) is 0 Å². The van der Waals surface area contributed by atoms with Gasteiger partial charge < -0.3 is 10.1 Å². The number of rotatable bonds is 5. The average molecular weight is 307 g/mol. The summed E-state index contributed by atoms with van der Waals surface area (Å²) in [7, 11) is 1.54. The van der Waals surface area contributed by atoms with Crippen LogP contribution in [0, 0.1) is 17.0 Å². The van der Waals surface area contributed by atoms with Gasteiger partial charge in [0, 0.05) is 35.0 Å². The van der Waals surface area contributed by atoms with Crippen LogP contribution in [0.3, 0.4) is 0 Å². The van der Waals surface area contributed by atoms with Crippen molar-refractivity contribution < 1.29 is 9.66 Å². The maximum atomic E-state index is 10.9. The molecule has 6 heteroatoms. The van der Waals surface area contributed by atoms with Crippen LogP contribution in [0.4, 0.5) is 11.4 Å². The predicted molar refractivity (Wildman–Crippen MR) is 83.2 cm³/mol. The Morgan fingerprint density at radius 2 is 2.10 bits per heavy atom. The Morgan fingerprint density at radius 3 is 2.76 bits per heavy atom. The van der Waals surface area contributed by atoms with Crippen LogP contribution in [-0.4, -0.2) is 12.0 Å². The van der Waals surface area contributed by atoms with Gasteiger partial charge in [-0.3, -0.25) is 10.1 Å². The van der Waals surface area contributed by atoms with Gasteiger partial charge in [-0.25, -0.2) is 0 Å². The first-order chi connectivity index (χ1) is 10.0. The van der Waals surface area contributed by atoms with Crippen LogP contribution in [0.1, 0.15) is 11.1 Å². The highest BCUT2D eigenvalue weighted by atomic mass is 35.5. The highest BCUT2D eigenvalue weighted by Gasteiger charge is 2.11. The van der Waals surface area contributed by atoms with Crippen LogP contribution in [0.15, 0.2) is 36.4 Å². The number of methoxy groups -OCH3 is 1. The van der Waals surface area contributed by atoms with Gasteiger partial charge in [0.2, 0.25) is 0 Å². The zero-order valence-electron chi connectivity index (χ0n) is 11.7. The number of non-ortho nitro benzene ring substituents is 1. The van der Waals surface area contributed by atoms with Gasteiger partial charge in [-0.05, 0) is 30.7 Å². The fourth-order valence-corrected chi connectivity index (χ4v) is 2.18. The highest BCUT2D eigenvalue weighted by molar-refractivity contribution is 6.31. The van der Waals surface area contributed by atoms with Gasteiger partial charge in [-0.1, -0.05) is 17.7 Å². The van der Waals surface area contributed by atoms with Crippen LogP contribution in [0.2, 0.25) is 5.02 Å². The number of nitrogens with one attached hydrogen (secondary N) is 1. The molecule has 0 saturated heterocycles. The van der Waals surface area contributed by atoms with Gasteiger partial charge in [0.1, 0.15) is 5.75 Å². The molecule has 0 aliphatic rings. The lowest BCUT2D eigenvalue weighted by Gasteiger charge is -2.13. The van der Waals surface area contributed by atoms with Gasteiger partial charge in [0.15, 0.2) is 0 Å². The molecule has 0 fully saturated rings. The zero-order valence-corrected chi connectivity index (χ0v) is 12.5. The molecule has 0 unspecified atom stereocenters. The third-order valence-electron chi connectivity index (χ3n) is 3.21. The maximum absolute atomic E-state index is 10.9. The minimum absolute atomic E-state index is 0.0374. The number of nitro benzene ring substituents is 1. The van der Waals surface area contributed by atoms with Crippen LogP contribution in [-0.2, 0) is 6.54 Å². The van der Waals surface area contributed by atoms with E-state index < -0.39 is 4.92 Å². The van der Waals surface area contributed by atoms with Gasteiger partial charge in [-0.2, -0.15) is 0 Å². The molecule has 2 rings (SSSR count). The van der Waals surface area contributed by atoms with Gasteiger partial charge in [0.25, 0.3) is 5.69 Å². The van der Waals surface area contributed by atoms with Crippen LogP contribution < -0.4 is 10.1 Å². The van der Waals surface area contributed by atoms with E-state index in [1.165, 1.54) is 19.2 Å². The molecule has 0 aliphatic heterocycles. The molecule has 2 aromatic carbocycles. The summed E-state index contributed by atoms with van der Waals surface area (Å²) in [5.74, 6) is 0.604. The van der Waals surface area contributed by atoms with E-state index in [1.54, 1.807) is 6.07 Å². The zero-order chi connectivity index (χ0) is 15.4. The van der Waals surface area contributed by atoms with E-state index in [1.807, 2.05) is 25.1 Å². The van der Waals surface area contributed by atoms with E-state index in [0.29, 0.717) is 22.9 Å². The Hall–Kier alpha value is -2.27. The van der Waals surface area contributed by atoms with E-state index in [2.05, 4.69) is 5.32 Å². The standard InChI is InChI=1S/C15H15ClN2O3/c1-10-13(16)4-3-5-14(10)17-9-11-8-12(18(19)20)6-7-15(11)21-2/h3-8,17H,9H2,1-2H3. The first kappa shape index (κ1) is 15.1. The molecule has 2 aromatic rings. The molecule has 0 bridgehead atoms. The molecule has 0 amide bonds. The molecule has 0 atom stereocenters. The van der Waals surface area contributed by atoms with Gasteiger partial charge in [-0.15, -0.1) is 0 Å². The molecule has 1 N–H and O–H groups in total.